The second-order valence-corrected chi connectivity index (χ2v) is 16.6. The number of hydrogen-bond donors (Lipinski definition) is 1. The van der Waals surface area contributed by atoms with E-state index < -0.39 is 47.4 Å². The Kier molecular flexibility index (Phi) is 11.4. The number of fused-ring (bicyclic) bond motifs is 1. The number of benzene rings is 4. The van der Waals surface area contributed by atoms with Crippen molar-refractivity contribution in [3.8, 4) is 11.5 Å². The molecule has 0 spiro atoms. The lowest BCUT2D eigenvalue weighted by Crippen LogP contribution is -2.42. The van der Waals surface area contributed by atoms with E-state index in [2.05, 4.69) is 9.65 Å². The van der Waals surface area contributed by atoms with Gasteiger partial charge in [0.05, 0.1) is 44.1 Å². The molecular formula is C40H42N3O9PS. The summed E-state index contributed by atoms with van der Waals surface area (Å²) in [5, 5.41) is 0. The Bertz CT molecular complexity index is 2160. The Balaban J connectivity index is 1.26. The lowest BCUT2D eigenvalue weighted by atomic mass is 9.80. The van der Waals surface area contributed by atoms with E-state index in [1.807, 2.05) is 78.9 Å². The molecule has 1 aromatic heterocycles. The summed E-state index contributed by atoms with van der Waals surface area (Å²) in [5.41, 5.74) is 0.104. The van der Waals surface area contributed by atoms with Crippen LogP contribution in [0.5, 0.6) is 11.5 Å². The Morgan fingerprint density at radius 3 is 2.02 bits per heavy atom. The molecule has 4 aromatic carbocycles. The average molecular weight is 772 g/mol. The van der Waals surface area contributed by atoms with Gasteiger partial charge in [-0.3, -0.25) is 9.36 Å². The van der Waals surface area contributed by atoms with Gasteiger partial charge in [0.15, 0.2) is 9.84 Å². The second kappa shape index (κ2) is 16.4. The standard InChI is InChI=1S/C40H42N3O9PS/c1-48-32-19-15-30(16-20-32)40(29-10-5-3-6-11-29,31-17-21-33(49-2)22-18-31)50-27-34(26-42-38(44)23-24-41-39(42)45)51-53-43-25-9-14-36(43)37(52-53)28-54(46,47)35-12-7-4-8-13-35/h3-8,10-13,15-24,34,36-37H,9,14,25-28H2,1-2H3,(H,41,45)/t34-,36-,37+,53+/m0/s1. The number of rotatable bonds is 15. The van der Waals surface area contributed by atoms with Crippen LogP contribution in [0.4, 0.5) is 0 Å². The highest BCUT2D eigenvalue weighted by molar-refractivity contribution is 7.91. The minimum absolute atomic E-state index is 0.0958. The van der Waals surface area contributed by atoms with Crippen LogP contribution in [-0.2, 0) is 35.8 Å². The normalized spacial score (nSPS) is 19.3. The van der Waals surface area contributed by atoms with Crippen molar-refractivity contribution in [2.75, 3.05) is 33.1 Å². The number of aromatic amines is 1. The largest absolute Gasteiger partial charge is 0.497 e. The molecule has 5 aromatic rings. The van der Waals surface area contributed by atoms with E-state index in [1.54, 1.807) is 44.6 Å². The first-order chi connectivity index (χ1) is 26.2. The predicted octanol–water partition coefficient (Wildman–Crippen LogP) is 5.51. The molecule has 0 amide bonds. The Labute approximate surface area is 315 Å². The molecule has 0 unspecified atom stereocenters. The van der Waals surface area contributed by atoms with Crippen LogP contribution >= 0.6 is 8.53 Å². The van der Waals surface area contributed by atoms with Crippen LogP contribution in [0.2, 0.25) is 0 Å². The van der Waals surface area contributed by atoms with Gasteiger partial charge < -0.3 is 28.2 Å². The molecule has 2 aliphatic heterocycles. The van der Waals surface area contributed by atoms with Crippen molar-refractivity contribution in [3.05, 3.63) is 159 Å². The lowest BCUT2D eigenvalue weighted by Gasteiger charge is -2.37. The van der Waals surface area contributed by atoms with Crippen LogP contribution in [0.1, 0.15) is 29.5 Å². The summed E-state index contributed by atoms with van der Waals surface area (Å²) in [5.74, 6) is 1.14. The number of nitrogens with zero attached hydrogens (tertiary/aromatic N) is 2. The minimum Gasteiger partial charge on any atom is -0.497 e. The number of hydrogen-bond acceptors (Lipinski definition) is 10. The van der Waals surface area contributed by atoms with Crippen LogP contribution < -0.4 is 20.7 Å². The molecule has 2 fully saturated rings. The topological polar surface area (TPSA) is 138 Å². The summed E-state index contributed by atoms with van der Waals surface area (Å²) in [6.45, 7) is 0.406. The Morgan fingerprint density at radius 1 is 0.833 bits per heavy atom. The first kappa shape index (κ1) is 37.7. The molecule has 7 rings (SSSR count). The second-order valence-electron chi connectivity index (χ2n) is 13.1. The van der Waals surface area contributed by atoms with Gasteiger partial charge in [0.2, 0.25) is 0 Å². The molecule has 282 valence electrons. The first-order valence-electron chi connectivity index (χ1n) is 17.7. The highest BCUT2D eigenvalue weighted by atomic mass is 32.2. The molecule has 12 nitrogen and oxygen atoms in total. The average Bonchev–Trinajstić information content (AvgIpc) is 3.81. The Hall–Kier alpha value is -4.62. The van der Waals surface area contributed by atoms with E-state index in [1.165, 1.54) is 12.3 Å². The molecule has 1 N–H and O–H groups in total. The summed E-state index contributed by atoms with van der Waals surface area (Å²) >= 11 is 0. The van der Waals surface area contributed by atoms with Crippen molar-refractivity contribution in [1.82, 2.24) is 14.2 Å². The minimum atomic E-state index is -3.66. The lowest BCUT2D eigenvalue weighted by molar-refractivity contribution is -0.0365. The number of aromatic nitrogens is 2. The summed E-state index contributed by atoms with van der Waals surface area (Å²) in [7, 11) is -2.24. The van der Waals surface area contributed by atoms with E-state index in [9.17, 15) is 18.0 Å². The van der Waals surface area contributed by atoms with Gasteiger partial charge in [-0.2, -0.15) is 0 Å². The zero-order valence-corrected chi connectivity index (χ0v) is 31.7. The van der Waals surface area contributed by atoms with Crippen molar-refractivity contribution in [2.24, 2.45) is 0 Å². The van der Waals surface area contributed by atoms with Crippen LogP contribution in [-0.4, -0.2) is 74.0 Å². The SMILES string of the molecule is COc1ccc(C(OC[C@H](Cn2c(=O)cc[nH]c2=O)O[P@]2O[C@H](CS(=O)(=O)c3ccccc3)[C@@H]3CCCN32)(c2ccccc2)c2ccc(OC)cc2)cc1. The van der Waals surface area contributed by atoms with E-state index in [0.29, 0.717) is 18.0 Å². The van der Waals surface area contributed by atoms with Crippen molar-refractivity contribution < 1.29 is 31.7 Å². The maximum atomic E-state index is 13.5. The van der Waals surface area contributed by atoms with Gasteiger partial charge in [-0.05, 0) is 65.9 Å². The number of nitrogens with one attached hydrogen (secondary N) is 1. The monoisotopic (exact) mass is 771 g/mol. The molecule has 2 saturated heterocycles. The van der Waals surface area contributed by atoms with Crippen molar-refractivity contribution in [3.63, 3.8) is 0 Å². The van der Waals surface area contributed by atoms with Crippen molar-refractivity contribution in [2.45, 2.75) is 48.1 Å². The van der Waals surface area contributed by atoms with Gasteiger partial charge >= 0.3 is 5.69 Å². The Morgan fingerprint density at radius 2 is 1.43 bits per heavy atom. The van der Waals surface area contributed by atoms with Gasteiger partial charge in [-0.1, -0.05) is 72.8 Å². The third kappa shape index (κ3) is 7.79. The zero-order chi connectivity index (χ0) is 37.7. The van der Waals surface area contributed by atoms with Crippen LogP contribution in [0.3, 0.4) is 0 Å². The van der Waals surface area contributed by atoms with Crippen LogP contribution in [0.25, 0.3) is 0 Å². The van der Waals surface area contributed by atoms with Crippen molar-refractivity contribution in [1.29, 1.82) is 0 Å². The highest BCUT2D eigenvalue weighted by Gasteiger charge is 2.49. The molecule has 4 atom stereocenters. The number of sulfone groups is 1. The molecule has 0 radical (unpaired) electrons. The molecule has 0 aliphatic carbocycles. The number of methoxy groups -OCH3 is 2. The molecule has 0 saturated carbocycles. The third-order valence-electron chi connectivity index (χ3n) is 9.85. The van der Waals surface area contributed by atoms with E-state index in [4.69, 9.17) is 23.3 Å². The summed E-state index contributed by atoms with van der Waals surface area (Å²) in [6.07, 6.45) is 1.39. The molecule has 3 heterocycles. The fraction of sp³-hybridized carbons (Fsp3) is 0.300. The fourth-order valence-corrected chi connectivity index (χ4v) is 10.7. The van der Waals surface area contributed by atoms with Gasteiger partial charge in [-0.15, -0.1) is 0 Å². The maximum Gasteiger partial charge on any atom is 0.328 e. The molecule has 54 heavy (non-hydrogen) atoms. The molecule has 2 aliphatic rings. The predicted molar refractivity (Wildman–Crippen MR) is 204 cm³/mol. The maximum absolute atomic E-state index is 13.5. The number of ether oxygens (including phenoxy) is 3. The smallest absolute Gasteiger partial charge is 0.328 e. The van der Waals surface area contributed by atoms with E-state index in [-0.39, 0.29) is 29.8 Å². The van der Waals surface area contributed by atoms with Crippen molar-refractivity contribution >= 4 is 18.4 Å². The molecule has 0 bridgehead atoms. The van der Waals surface area contributed by atoms with Gasteiger partial charge in [-0.25, -0.2) is 17.9 Å². The van der Waals surface area contributed by atoms with Crippen LogP contribution in [0.15, 0.2) is 136 Å². The summed E-state index contributed by atoms with van der Waals surface area (Å²) in [4.78, 5) is 28.9. The first-order valence-corrected chi connectivity index (χ1v) is 20.5. The molecule has 14 heteroatoms. The molecular weight excluding hydrogens is 729 g/mol. The third-order valence-corrected chi connectivity index (χ3v) is 13.5. The van der Waals surface area contributed by atoms with Gasteiger partial charge in [0.1, 0.15) is 23.2 Å². The number of H-pyrrole nitrogens is 1. The highest BCUT2D eigenvalue weighted by Crippen LogP contribution is 2.57. The summed E-state index contributed by atoms with van der Waals surface area (Å²) in [6, 6.07) is 34.4. The van der Waals surface area contributed by atoms with E-state index >= 15 is 0 Å². The van der Waals surface area contributed by atoms with Gasteiger partial charge in [0, 0.05) is 24.8 Å². The van der Waals surface area contributed by atoms with Crippen LogP contribution in [0, 0.1) is 0 Å². The van der Waals surface area contributed by atoms with Gasteiger partial charge in [0.25, 0.3) is 14.1 Å². The zero-order valence-electron chi connectivity index (χ0n) is 29.9. The quantitative estimate of drug-likeness (QED) is 0.107. The fourth-order valence-electron chi connectivity index (χ4n) is 7.14. The summed E-state index contributed by atoms with van der Waals surface area (Å²) < 4.78 is 61.5. The van der Waals surface area contributed by atoms with E-state index in [0.717, 1.165) is 34.1 Å².